The second-order valence-corrected chi connectivity index (χ2v) is 6.68. The van der Waals surface area contributed by atoms with E-state index in [1.807, 2.05) is 0 Å². The van der Waals surface area contributed by atoms with Gasteiger partial charge >= 0.3 is 5.97 Å². The minimum absolute atomic E-state index is 0.156. The molecule has 0 fully saturated rings. The average molecular weight is 319 g/mol. The predicted molar refractivity (Wildman–Crippen MR) is 75.2 cm³/mol. The first-order chi connectivity index (χ1) is 9.32. The van der Waals surface area contributed by atoms with Gasteiger partial charge in [0.25, 0.3) is 0 Å². The highest BCUT2D eigenvalue weighted by atomic mass is 35.5. The van der Waals surface area contributed by atoms with Gasteiger partial charge in [0.05, 0.1) is 12.4 Å². The Morgan fingerprint density at radius 3 is 2.35 bits per heavy atom. The molecule has 7 heteroatoms. The summed E-state index contributed by atoms with van der Waals surface area (Å²) in [6, 6.07) is 6.31. The van der Waals surface area contributed by atoms with Crippen LogP contribution in [0, 0.1) is 0 Å². The van der Waals surface area contributed by atoms with E-state index in [0.29, 0.717) is 10.6 Å². The quantitative estimate of drug-likeness (QED) is 0.565. The van der Waals surface area contributed by atoms with Gasteiger partial charge in [0.2, 0.25) is 0 Å². The third-order valence-corrected chi connectivity index (χ3v) is 4.11. The van der Waals surface area contributed by atoms with Crippen molar-refractivity contribution >= 4 is 33.2 Å². The van der Waals surface area contributed by atoms with E-state index in [2.05, 4.69) is 4.74 Å². The molecule has 0 aliphatic carbocycles. The van der Waals surface area contributed by atoms with Crippen LogP contribution >= 0.6 is 11.6 Å². The van der Waals surface area contributed by atoms with Crippen molar-refractivity contribution in [2.24, 2.45) is 0 Å². The molecule has 20 heavy (non-hydrogen) atoms. The summed E-state index contributed by atoms with van der Waals surface area (Å²) in [6.07, 6.45) is -0.520. The highest BCUT2D eigenvalue weighted by Crippen LogP contribution is 2.12. The van der Waals surface area contributed by atoms with Crippen LogP contribution in [-0.4, -0.2) is 32.5 Å². The van der Waals surface area contributed by atoms with Gasteiger partial charge in [0, 0.05) is 5.02 Å². The van der Waals surface area contributed by atoms with Gasteiger partial charge in [-0.15, -0.1) is 0 Å². The van der Waals surface area contributed by atoms with E-state index in [9.17, 15) is 18.0 Å². The van der Waals surface area contributed by atoms with Gasteiger partial charge < -0.3 is 4.74 Å². The molecule has 1 aromatic rings. The van der Waals surface area contributed by atoms with E-state index < -0.39 is 33.8 Å². The van der Waals surface area contributed by atoms with E-state index in [1.54, 1.807) is 31.2 Å². The minimum atomic E-state index is -3.61. The third kappa shape index (κ3) is 6.16. The van der Waals surface area contributed by atoms with Gasteiger partial charge in [-0.3, -0.25) is 9.59 Å². The molecule has 0 spiro atoms. The van der Waals surface area contributed by atoms with Gasteiger partial charge in [-0.2, -0.15) is 0 Å². The van der Waals surface area contributed by atoms with Crippen molar-refractivity contribution in [1.82, 2.24) is 0 Å². The Morgan fingerprint density at radius 2 is 1.80 bits per heavy atom. The minimum Gasteiger partial charge on any atom is -0.466 e. The number of rotatable bonds is 7. The van der Waals surface area contributed by atoms with Crippen LogP contribution in [0.1, 0.15) is 18.9 Å². The van der Waals surface area contributed by atoms with E-state index in [0.717, 1.165) is 0 Å². The molecular weight excluding hydrogens is 304 g/mol. The molecule has 0 atom stereocenters. The lowest BCUT2D eigenvalue weighted by Gasteiger charge is -2.04. The summed E-state index contributed by atoms with van der Waals surface area (Å²) in [5, 5.41) is 0.504. The second kappa shape index (κ2) is 7.40. The summed E-state index contributed by atoms with van der Waals surface area (Å²) in [7, 11) is -3.61. The number of Topliss-reactive ketones (excluding diaryl/α,β-unsaturated/α-hetero) is 1. The number of hydrogen-bond donors (Lipinski definition) is 0. The Labute approximate surface area is 122 Å². The molecule has 0 aliphatic rings. The summed E-state index contributed by atoms with van der Waals surface area (Å²) < 4.78 is 28.2. The summed E-state index contributed by atoms with van der Waals surface area (Å²) in [5.74, 6) is -2.32. The monoisotopic (exact) mass is 318 g/mol. The SMILES string of the molecule is CCOC(=O)CC(=O)CS(=O)(=O)Cc1ccc(Cl)cc1. The molecule has 0 bridgehead atoms. The lowest BCUT2D eigenvalue weighted by Crippen LogP contribution is -2.21. The number of ketones is 1. The van der Waals surface area contributed by atoms with Crippen molar-refractivity contribution in [3.63, 3.8) is 0 Å². The maximum atomic E-state index is 11.8. The molecule has 0 saturated carbocycles. The van der Waals surface area contributed by atoms with Crippen LogP contribution in [0.15, 0.2) is 24.3 Å². The number of ether oxygens (including phenoxy) is 1. The first kappa shape index (κ1) is 16.7. The summed E-state index contributed by atoms with van der Waals surface area (Å²) in [5.41, 5.74) is 0.540. The van der Waals surface area contributed by atoms with Crippen LogP contribution < -0.4 is 0 Å². The maximum Gasteiger partial charge on any atom is 0.313 e. The molecule has 0 unspecified atom stereocenters. The number of sulfone groups is 1. The van der Waals surface area contributed by atoms with Gasteiger partial charge in [0.15, 0.2) is 15.6 Å². The first-order valence-corrected chi connectivity index (χ1v) is 8.14. The Kier molecular flexibility index (Phi) is 6.16. The fourth-order valence-corrected chi connectivity index (χ4v) is 3.08. The van der Waals surface area contributed by atoms with E-state index in [4.69, 9.17) is 11.6 Å². The molecule has 0 aliphatic heterocycles. The summed E-state index contributed by atoms with van der Waals surface area (Å²) in [4.78, 5) is 22.6. The van der Waals surface area contributed by atoms with Crippen LogP contribution in [0.4, 0.5) is 0 Å². The average Bonchev–Trinajstić information content (AvgIpc) is 2.31. The number of carbonyl (C=O) groups is 2. The highest BCUT2D eigenvalue weighted by molar-refractivity contribution is 7.91. The molecule has 0 N–H and O–H groups in total. The van der Waals surface area contributed by atoms with Crippen LogP contribution in [0.2, 0.25) is 5.02 Å². The van der Waals surface area contributed by atoms with Crippen LogP contribution in [-0.2, 0) is 29.9 Å². The summed E-state index contributed by atoms with van der Waals surface area (Å²) >= 11 is 5.70. The molecule has 1 aromatic carbocycles. The standard InChI is InChI=1S/C13H15ClO5S/c1-2-19-13(16)7-12(15)9-20(17,18)8-10-3-5-11(14)6-4-10/h3-6H,2,7-9H2,1H3. The highest BCUT2D eigenvalue weighted by Gasteiger charge is 2.20. The second-order valence-electron chi connectivity index (χ2n) is 4.18. The number of benzene rings is 1. The topological polar surface area (TPSA) is 77.5 Å². The van der Waals surface area contributed by atoms with Crippen LogP contribution in [0.5, 0.6) is 0 Å². The molecule has 0 radical (unpaired) electrons. The maximum absolute atomic E-state index is 11.8. The predicted octanol–water partition coefficient (Wildman–Crippen LogP) is 1.78. The molecule has 110 valence electrons. The molecule has 0 aromatic heterocycles. The molecule has 0 heterocycles. The van der Waals surface area contributed by atoms with Gasteiger partial charge in [-0.25, -0.2) is 8.42 Å². The van der Waals surface area contributed by atoms with E-state index in [-0.39, 0.29) is 12.4 Å². The fourth-order valence-electron chi connectivity index (χ4n) is 1.55. The smallest absolute Gasteiger partial charge is 0.313 e. The lowest BCUT2D eigenvalue weighted by molar-refractivity contribution is -0.145. The lowest BCUT2D eigenvalue weighted by atomic mass is 10.2. The third-order valence-electron chi connectivity index (χ3n) is 2.33. The Morgan fingerprint density at radius 1 is 1.20 bits per heavy atom. The molecule has 5 nitrogen and oxygen atoms in total. The largest absolute Gasteiger partial charge is 0.466 e. The number of hydrogen-bond acceptors (Lipinski definition) is 5. The van der Waals surface area contributed by atoms with Crippen LogP contribution in [0.3, 0.4) is 0 Å². The van der Waals surface area contributed by atoms with Gasteiger partial charge in [0.1, 0.15) is 12.2 Å². The van der Waals surface area contributed by atoms with Crippen molar-refractivity contribution in [3.05, 3.63) is 34.9 Å². The van der Waals surface area contributed by atoms with Crippen molar-refractivity contribution in [3.8, 4) is 0 Å². The fraction of sp³-hybridized carbons (Fsp3) is 0.385. The van der Waals surface area contributed by atoms with Crippen molar-refractivity contribution in [1.29, 1.82) is 0 Å². The molecular formula is C13H15ClO5S. The summed E-state index contributed by atoms with van der Waals surface area (Å²) in [6.45, 7) is 1.77. The Bertz CT molecular complexity index is 577. The van der Waals surface area contributed by atoms with E-state index in [1.165, 1.54) is 0 Å². The zero-order valence-electron chi connectivity index (χ0n) is 11.0. The van der Waals surface area contributed by atoms with Crippen LogP contribution in [0.25, 0.3) is 0 Å². The van der Waals surface area contributed by atoms with Crippen molar-refractivity contribution in [2.75, 3.05) is 12.4 Å². The zero-order valence-corrected chi connectivity index (χ0v) is 12.5. The number of halogens is 1. The van der Waals surface area contributed by atoms with Crippen molar-refractivity contribution < 1.29 is 22.7 Å². The Hall–Kier alpha value is -1.40. The zero-order chi connectivity index (χ0) is 15.2. The van der Waals surface area contributed by atoms with Gasteiger partial charge in [-0.1, -0.05) is 23.7 Å². The van der Waals surface area contributed by atoms with Crippen molar-refractivity contribution in [2.45, 2.75) is 19.1 Å². The number of esters is 1. The van der Waals surface area contributed by atoms with E-state index >= 15 is 0 Å². The van der Waals surface area contributed by atoms with Gasteiger partial charge in [-0.05, 0) is 24.6 Å². The first-order valence-electron chi connectivity index (χ1n) is 5.94. The Balaban J connectivity index is 2.59. The molecule has 1 rings (SSSR count). The number of carbonyl (C=O) groups excluding carboxylic acids is 2. The molecule has 0 amide bonds. The molecule has 0 saturated heterocycles. The normalized spacial score (nSPS) is 11.1.